The fourth-order valence-electron chi connectivity index (χ4n) is 1.37. The molecule has 1 heterocycles. The first-order valence-corrected chi connectivity index (χ1v) is 3.52. The molecule has 0 bridgehead atoms. The molecule has 1 aliphatic heterocycles. The number of aliphatic hydroxyl groups is 1. The van der Waals surface area contributed by atoms with Crippen LogP contribution in [0.5, 0.6) is 0 Å². The highest BCUT2D eigenvalue weighted by Crippen LogP contribution is 2.21. The highest BCUT2D eigenvalue weighted by atomic mass is 16.3. The Morgan fingerprint density at radius 1 is 1.67 bits per heavy atom. The van der Waals surface area contributed by atoms with Gasteiger partial charge in [-0.05, 0) is 26.7 Å². The normalized spacial score (nSPS) is 33.0. The quantitative estimate of drug-likeness (QED) is 0.540. The summed E-state index contributed by atoms with van der Waals surface area (Å²) in [6.45, 7) is 4.62. The molecule has 0 spiro atoms. The second kappa shape index (κ2) is 2.27. The molecular weight excluding hydrogens is 114 g/mol. The second-order valence-corrected chi connectivity index (χ2v) is 3.45. The van der Waals surface area contributed by atoms with Crippen LogP contribution in [0.2, 0.25) is 0 Å². The molecule has 0 saturated carbocycles. The first kappa shape index (κ1) is 7.03. The summed E-state index contributed by atoms with van der Waals surface area (Å²) in [5.41, 5.74) is 0.257. The molecule has 2 N–H and O–H groups in total. The number of hydrogen-bond acceptors (Lipinski definition) is 2. The fourth-order valence-corrected chi connectivity index (χ4v) is 1.37. The van der Waals surface area contributed by atoms with E-state index in [1.807, 2.05) is 0 Å². The number of hydrogen-bond donors (Lipinski definition) is 2. The first-order chi connectivity index (χ1) is 4.14. The second-order valence-electron chi connectivity index (χ2n) is 3.45. The predicted molar refractivity (Wildman–Crippen MR) is 37.3 cm³/mol. The Labute approximate surface area is 56.3 Å². The largest absolute Gasteiger partial charge is 0.395 e. The minimum Gasteiger partial charge on any atom is -0.395 e. The van der Waals surface area contributed by atoms with Gasteiger partial charge in [0.2, 0.25) is 0 Å². The predicted octanol–water partition coefficient (Wildman–Crippen LogP) is 0.509. The van der Waals surface area contributed by atoms with E-state index >= 15 is 0 Å². The Morgan fingerprint density at radius 2 is 2.33 bits per heavy atom. The van der Waals surface area contributed by atoms with Crippen molar-refractivity contribution >= 4 is 0 Å². The van der Waals surface area contributed by atoms with Crippen LogP contribution < -0.4 is 5.32 Å². The summed E-state index contributed by atoms with van der Waals surface area (Å²) in [7, 11) is 0. The summed E-state index contributed by atoms with van der Waals surface area (Å²) in [6.07, 6.45) is 2.29. The van der Waals surface area contributed by atoms with Gasteiger partial charge in [0.05, 0.1) is 6.61 Å². The number of rotatable bonds is 1. The van der Waals surface area contributed by atoms with Gasteiger partial charge in [-0.2, -0.15) is 0 Å². The van der Waals surface area contributed by atoms with Crippen LogP contribution in [-0.4, -0.2) is 23.3 Å². The highest BCUT2D eigenvalue weighted by Gasteiger charge is 2.28. The van der Waals surface area contributed by atoms with Crippen molar-refractivity contribution in [1.29, 1.82) is 0 Å². The molecule has 1 fully saturated rings. The average molecular weight is 129 g/mol. The van der Waals surface area contributed by atoms with Gasteiger partial charge in [-0.3, -0.25) is 0 Å². The maximum absolute atomic E-state index is 8.74. The summed E-state index contributed by atoms with van der Waals surface area (Å²) < 4.78 is 0. The summed E-state index contributed by atoms with van der Waals surface area (Å²) in [4.78, 5) is 0. The van der Waals surface area contributed by atoms with E-state index < -0.39 is 0 Å². The molecule has 54 valence electrons. The summed E-state index contributed by atoms with van der Waals surface area (Å²) in [5, 5.41) is 12.1. The molecule has 1 atom stereocenters. The molecule has 2 heteroatoms. The van der Waals surface area contributed by atoms with E-state index in [4.69, 9.17) is 5.11 Å². The Morgan fingerprint density at radius 3 is 2.56 bits per heavy atom. The monoisotopic (exact) mass is 129 g/mol. The van der Waals surface area contributed by atoms with Crippen LogP contribution >= 0.6 is 0 Å². The topological polar surface area (TPSA) is 32.3 Å². The standard InChI is InChI=1S/C7H15NO/c1-7(2)4-3-6(5-9)8-7/h6,8-9H,3-5H2,1-2H3. The number of nitrogens with one attached hydrogen (secondary N) is 1. The maximum Gasteiger partial charge on any atom is 0.0584 e. The SMILES string of the molecule is CC1(C)CCC(CO)N1. The van der Waals surface area contributed by atoms with Gasteiger partial charge in [-0.25, -0.2) is 0 Å². The lowest BCUT2D eigenvalue weighted by Crippen LogP contribution is -2.38. The first-order valence-electron chi connectivity index (χ1n) is 3.52. The molecule has 0 radical (unpaired) electrons. The van der Waals surface area contributed by atoms with Gasteiger partial charge < -0.3 is 10.4 Å². The van der Waals surface area contributed by atoms with Gasteiger partial charge in [-0.1, -0.05) is 0 Å². The van der Waals surface area contributed by atoms with Crippen molar-refractivity contribution in [2.75, 3.05) is 6.61 Å². The summed E-state index contributed by atoms with van der Waals surface area (Å²) in [5.74, 6) is 0. The van der Waals surface area contributed by atoms with Crippen molar-refractivity contribution in [3.05, 3.63) is 0 Å². The average Bonchev–Trinajstić information content (AvgIpc) is 2.10. The van der Waals surface area contributed by atoms with E-state index in [1.165, 1.54) is 6.42 Å². The molecular formula is C7H15NO. The van der Waals surface area contributed by atoms with Crippen molar-refractivity contribution in [3.8, 4) is 0 Å². The zero-order valence-electron chi connectivity index (χ0n) is 6.15. The zero-order valence-corrected chi connectivity index (χ0v) is 6.15. The molecule has 0 aromatic heterocycles. The van der Waals surface area contributed by atoms with Gasteiger partial charge in [-0.15, -0.1) is 0 Å². The van der Waals surface area contributed by atoms with E-state index in [2.05, 4.69) is 19.2 Å². The molecule has 0 aromatic rings. The van der Waals surface area contributed by atoms with Gasteiger partial charge in [0, 0.05) is 11.6 Å². The third kappa shape index (κ3) is 1.66. The smallest absolute Gasteiger partial charge is 0.0584 e. The van der Waals surface area contributed by atoms with Crippen molar-refractivity contribution in [3.63, 3.8) is 0 Å². The minimum absolute atomic E-state index is 0.257. The van der Waals surface area contributed by atoms with E-state index in [0.29, 0.717) is 6.04 Å². The lowest BCUT2D eigenvalue weighted by molar-refractivity contribution is 0.245. The third-order valence-electron chi connectivity index (χ3n) is 1.93. The molecule has 9 heavy (non-hydrogen) atoms. The van der Waals surface area contributed by atoms with Crippen molar-refractivity contribution in [2.45, 2.75) is 38.3 Å². The van der Waals surface area contributed by atoms with E-state index in [1.54, 1.807) is 0 Å². The van der Waals surface area contributed by atoms with Gasteiger partial charge in [0.25, 0.3) is 0 Å². The van der Waals surface area contributed by atoms with Gasteiger partial charge in [0.1, 0.15) is 0 Å². The Hall–Kier alpha value is -0.0800. The van der Waals surface area contributed by atoms with Crippen LogP contribution in [0.4, 0.5) is 0 Å². The van der Waals surface area contributed by atoms with Crippen LogP contribution in [0.25, 0.3) is 0 Å². The van der Waals surface area contributed by atoms with Crippen LogP contribution in [0.3, 0.4) is 0 Å². The lowest BCUT2D eigenvalue weighted by Gasteiger charge is -2.18. The molecule has 1 aliphatic rings. The molecule has 1 saturated heterocycles. The van der Waals surface area contributed by atoms with E-state index in [9.17, 15) is 0 Å². The maximum atomic E-state index is 8.74. The fraction of sp³-hybridized carbons (Fsp3) is 1.00. The van der Waals surface area contributed by atoms with Crippen LogP contribution in [0.1, 0.15) is 26.7 Å². The molecule has 2 nitrogen and oxygen atoms in total. The van der Waals surface area contributed by atoms with Gasteiger partial charge >= 0.3 is 0 Å². The van der Waals surface area contributed by atoms with Crippen molar-refractivity contribution < 1.29 is 5.11 Å². The van der Waals surface area contributed by atoms with Crippen molar-refractivity contribution in [2.24, 2.45) is 0 Å². The number of aliphatic hydroxyl groups excluding tert-OH is 1. The lowest BCUT2D eigenvalue weighted by atomic mass is 10.0. The Balaban J connectivity index is 2.38. The zero-order chi connectivity index (χ0) is 6.91. The molecule has 1 unspecified atom stereocenters. The molecule has 0 aliphatic carbocycles. The van der Waals surface area contributed by atoms with Crippen LogP contribution in [0, 0.1) is 0 Å². The van der Waals surface area contributed by atoms with E-state index in [-0.39, 0.29) is 12.1 Å². The Bertz CT molecular complexity index is 101. The van der Waals surface area contributed by atoms with Gasteiger partial charge in [0.15, 0.2) is 0 Å². The Kier molecular flexibility index (Phi) is 1.78. The third-order valence-corrected chi connectivity index (χ3v) is 1.93. The minimum atomic E-state index is 0.257. The molecule has 0 amide bonds. The van der Waals surface area contributed by atoms with Crippen molar-refractivity contribution in [1.82, 2.24) is 5.32 Å². The molecule has 0 aromatic carbocycles. The van der Waals surface area contributed by atoms with Crippen LogP contribution in [-0.2, 0) is 0 Å². The molecule has 1 rings (SSSR count). The van der Waals surface area contributed by atoms with Crippen LogP contribution in [0.15, 0.2) is 0 Å². The summed E-state index contributed by atoms with van der Waals surface area (Å²) in [6, 6.07) is 0.347. The highest BCUT2D eigenvalue weighted by molar-refractivity contribution is 4.90. The summed E-state index contributed by atoms with van der Waals surface area (Å²) >= 11 is 0. The van der Waals surface area contributed by atoms with E-state index in [0.717, 1.165) is 6.42 Å².